The predicted octanol–water partition coefficient (Wildman–Crippen LogP) is 2.40. The van der Waals surface area contributed by atoms with Gasteiger partial charge in [0.05, 0.1) is 19.6 Å². The first kappa shape index (κ1) is 19.6. The second kappa shape index (κ2) is 6.98. The number of ether oxygens (including phenoxy) is 1. The highest BCUT2D eigenvalue weighted by Gasteiger charge is 2.49. The third-order valence-corrected chi connectivity index (χ3v) is 5.74. The summed E-state index contributed by atoms with van der Waals surface area (Å²) in [5.74, 6) is -0.740. The Morgan fingerprint density at radius 3 is 2.50 bits per heavy atom. The molecule has 154 valence electrons. The Labute approximate surface area is 173 Å². The number of carbonyl (C=O) groups is 4. The molecule has 2 atom stereocenters. The van der Waals surface area contributed by atoms with Gasteiger partial charge < -0.3 is 15.4 Å². The van der Waals surface area contributed by atoms with Gasteiger partial charge in [-0.1, -0.05) is 12.1 Å². The number of hydrogen-bond acceptors (Lipinski definition) is 5. The van der Waals surface area contributed by atoms with Gasteiger partial charge in [-0.2, -0.15) is 0 Å². The van der Waals surface area contributed by atoms with Crippen molar-refractivity contribution < 1.29 is 23.9 Å². The maximum absolute atomic E-state index is 13.0. The highest BCUT2D eigenvalue weighted by atomic mass is 16.5. The summed E-state index contributed by atoms with van der Waals surface area (Å²) in [6.07, 6.45) is 0. The molecule has 4 amide bonds. The van der Waals surface area contributed by atoms with E-state index in [9.17, 15) is 19.2 Å². The third-order valence-electron chi connectivity index (χ3n) is 5.74. The summed E-state index contributed by atoms with van der Waals surface area (Å²) >= 11 is 0. The molecule has 1 fully saturated rings. The van der Waals surface area contributed by atoms with Crippen molar-refractivity contribution in [2.24, 2.45) is 0 Å². The number of carbonyl (C=O) groups excluding carboxylic acids is 4. The van der Waals surface area contributed by atoms with Gasteiger partial charge in [0.1, 0.15) is 11.3 Å². The smallest absolute Gasteiger partial charge is 0.325 e. The molecule has 4 rings (SSSR count). The summed E-state index contributed by atoms with van der Waals surface area (Å²) < 4.78 is 5.13. The van der Waals surface area contributed by atoms with Gasteiger partial charge in [-0.15, -0.1) is 0 Å². The summed E-state index contributed by atoms with van der Waals surface area (Å²) in [6, 6.07) is 11.1. The Kier molecular flexibility index (Phi) is 4.57. The summed E-state index contributed by atoms with van der Waals surface area (Å²) in [5, 5.41) is 5.43. The number of urea groups is 1. The van der Waals surface area contributed by atoms with Gasteiger partial charge in [0, 0.05) is 11.3 Å². The van der Waals surface area contributed by atoms with E-state index in [1.807, 2.05) is 0 Å². The maximum Gasteiger partial charge on any atom is 0.325 e. The van der Waals surface area contributed by atoms with Crippen LogP contribution in [0.2, 0.25) is 0 Å². The summed E-state index contributed by atoms with van der Waals surface area (Å²) in [4.78, 5) is 51.1. The molecule has 2 aliphatic rings. The van der Waals surface area contributed by atoms with Crippen LogP contribution in [0, 0.1) is 0 Å². The second-order valence-corrected chi connectivity index (χ2v) is 7.61. The topological polar surface area (TPSA) is 105 Å². The van der Waals surface area contributed by atoms with E-state index in [1.54, 1.807) is 56.3 Å². The quantitative estimate of drug-likeness (QED) is 0.585. The number of fused-ring (bicyclic) bond motifs is 1. The number of rotatable bonds is 5. The number of Topliss-reactive ketones (excluding diaryl/α,β-unsaturated/α-hetero) is 1. The van der Waals surface area contributed by atoms with Gasteiger partial charge in [0.2, 0.25) is 5.91 Å². The fraction of sp³-hybridized carbons (Fsp3) is 0.273. The fourth-order valence-electron chi connectivity index (χ4n) is 3.79. The summed E-state index contributed by atoms with van der Waals surface area (Å²) in [5.41, 5.74) is 1.06. The molecule has 30 heavy (non-hydrogen) atoms. The van der Waals surface area contributed by atoms with Crippen molar-refractivity contribution in [3.8, 4) is 5.75 Å². The molecule has 1 saturated heterocycles. The molecule has 0 aliphatic carbocycles. The van der Waals surface area contributed by atoms with Crippen molar-refractivity contribution in [2.45, 2.75) is 25.3 Å². The Hall–Kier alpha value is -3.68. The van der Waals surface area contributed by atoms with Crippen LogP contribution in [0.3, 0.4) is 0 Å². The Bertz CT molecular complexity index is 1080. The lowest BCUT2D eigenvalue weighted by Crippen LogP contribution is -2.41. The van der Waals surface area contributed by atoms with Crippen LogP contribution in [0.1, 0.15) is 41.3 Å². The maximum atomic E-state index is 13.0. The lowest BCUT2D eigenvalue weighted by atomic mass is 9.92. The number of anilines is 1. The average Bonchev–Trinajstić information content (AvgIpc) is 3.15. The first-order valence-electron chi connectivity index (χ1n) is 9.51. The number of nitrogens with one attached hydrogen (secondary N) is 2. The highest BCUT2D eigenvalue weighted by molar-refractivity contribution is 6.11. The molecule has 0 saturated carbocycles. The average molecular weight is 407 g/mol. The molecule has 2 aromatic rings. The molecule has 0 radical (unpaired) electrons. The molecule has 8 heteroatoms. The Balaban J connectivity index is 1.55. The molecule has 2 aliphatic heterocycles. The van der Waals surface area contributed by atoms with E-state index in [0.29, 0.717) is 22.6 Å². The van der Waals surface area contributed by atoms with Crippen LogP contribution < -0.4 is 15.4 Å². The third kappa shape index (κ3) is 3.01. The van der Waals surface area contributed by atoms with E-state index in [4.69, 9.17) is 4.74 Å². The number of nitrogens with zero attached hydrogens (tertiary/aromatic N) is 1. The number of hydrogen-bond donors (Lipinski definition) is 2. The Morgan fingerprint density at radius 2 is 1.83 bits per heavy atom. The highest BCUT2D eigenvalue weighted by Crippen LogP contribution is 2.33. The molecule has 0 aromatic heterocycles. The van der Waals surface area contributed by atoms with Crippen LogP contribution in [-0.4, -0.2) is 42.2 Å². The van der Waals surface area contributed by atoms with Crippen molar-refractivity contribution >= 4 is 29.3 Å². The first-order chi connectivity index (χ1) is 14.2. The van der Waals surface area contributed by atoms with Crippen molar-refractivity contribution in [2.75, 3.05) is 19.0 Å². The fourth-order valence-corrected chi connectivity index (χ4v) is 3.79. The van der Waals surface area contributed by atoms with E-state index in [2.05, 4.69) is 10.6 Å². The van der Waals surface area contributed by atoms with Crippen molar-refractivity contribution in [1.29, 1.82) is 0 Å². The van der Waals surface area contributed by atoms with E-state index in [0.717, 1.165) is 10.5 Å². The SMILES string of the molecule is COc1ccc([C@]2(C)NC(=O)N(CC(=O)c3ccc4c(c3)[C@H](C)C(=O)N4)C2=O)cc1. The van der Waals surface area contributed by atoms with Crippen LogP contribution in [0.5, 0.6) is 5.75 Å². The lowest BCUT2D eigenvalue weighted by molar-refractivity contribution is -0.130. The zero-order valence-corrected chi connectivity index (χ0v) is 16.8. The van der Waals surface area contributed by atoms with Crippen LogP contribution in [0.15, 0.2) is 42.5 Å². The molecule has 0 bridgehead atoms. The van der Waals surface area contributed by atoms with E-state index in [1.165, 1.54) is 7.11 Å². The van der Waals surface area contributed by atoms with Crippen LogP contribution in [0.25, 0.3) is 0 Å². The van der Waals surface area contributed by atoms with Crippen molar-refractivity contribution in [3.05, 3.63) is 59.2 Å². The zero-order chi connectivity index (χ0) is 21.6. The normalized spacial score (nSPS) is 22.6. The van der Waals surface area contributed by atoms with Gasteiger partial charge in [-0.05, 0) is 55.3 Å². The molecule has 2 heterocycles. The lowest BCUT2D eigenvalue weighted by Gasteiger charge is -2.22. The molecule has 0 unspecified atom stereocenters. The van der Waals surface area contributed by atoms with Gasteiger partial charge >= 0.3 is 6.03 Å². The van der Waals surface area contributed by atoms with Crippen molar-refractivity contribution in [3.63, 3.8) is 0 Å². The number of amides is 4. The zero-order valence-electron chi connectivity index (χ0n) is 16.8. The van der Waals surface area contributed by atoms with Gasteiger partial charge in [-0.3, -0.25) is 19.3 Å². The molecular formula is C22H21N3O5. The number of imide groups is 1. The predicted molar refractivity (Wildman–Crippen MR) is 108 cm³/mol. The van der Waals surface area contributed by atoms with E-state index in [-0.39, 0.29) is 24.2 Å². The number of ketones is 1. The monoisotopic (exact) mass is 407 g/mol. The second-order valence-electron chi connectivity index (χ2n) is 7.61. The molecule has 2 N–H and O–H groups in total. The van der Waals surface area contributed by atoms with Crippen molar-refractivity contribution in [1.82, 2.24) is 10.2 Å². The van der Waals surface area contributed by atoms with Gasteiger partial charge in [0.15, 0.2) is 5.78 Å². The summed E-state index contributed by atoms with van der Waals surface area (Å²) in [6.45, 7) is 2.98. The minimum absolute atomic E-state index is 0.126. The van der Waals surface area contributed by atoms with Gasteiger partial charge in [0.25, 0.3) is 5.91 Å². The minimum Gasteiger partial charge on any atom is -0.497 e. The van der Waals surface area contributed by atoms with Crippen LogP contribution >= 0.6 is 0 Å². The Morgan fingerprint density at radius 1 is 1.13 bits per heavy atom. The first-order valence-corrected chi connectivity index (χ1v) is 9.51. The number of methoxy groups -OCH3 is 1. The summed E-state index contributed by atoms with van der Waals surface area (Å²) in [7, 11) is 1.54. The number of benzene rings is 2. The standard InChI is InChI=1S/C22H21N3O5/c1-12-16-10-13(4-9-17(16)23-19(12)27)18(26)11-25-20(28)22(2,24-21(25)29)14-5-7-15(30-3)8-6-14/h4-10,12H,11H2,1-3H3,(H,23,27)(H,24,29)/t12-,22-/m0/s1. The van der Waals surface area contributed by atoms with Crippen LogP contribution in [-0.2, 0) is 15.1 Å². The van der Waals surface area contributed by atoms with Gasteiger partial charge in [-0.25, -0.2) is 4.79 Å². The molecule has 0 spiro atoms. The van der Waals surface area contributed by atoms with E-state index < -0.39 is 17.5 Å². The van der Waals surface area contributed by atoms with E-state index >= 15 is 0 Å². The molecule has 2 aromatic carbocycles. The van der Waals surface area contributed by atoms with Crippen LogP contribution in [0.4, 0.5) is 10.5 Å². The minimum atomic E-state index is -1.27. The molecular weight excluding hydrogens is 386 g/mol. The largest absolute Gasteiger partial charge is 0.497 e. The molecule has 8 nitrogen and oxygen atoms in total.